The molecule has 10 nitrogen and oxygen atoms in total. The van der Waals surface area contributed by atoms with Crippen LogP contribution < -0.4 is 15.4 Å². The van der Waals surface area contributed by atoms with Crippen molar-refractivity contribution < 1.29 is 23.4 Å². The van der Waals surface area contributed by atoms with Crippen LogP contribution in [0.2, 0.25) is 0 Å². The molecule has 2 amide bonds. The number of nitrogens with zero attached hydrogens (tertiary/aromatic N) is 5. The number of pyridine rings is 1. The van der Waals surface area contributed by atoms with Crippen molar-refractivity contribution in [3.05, 3.63) is 64.5 Å². The molecule has 12 heteroatoms. The van der Waals surface area contributed by atoms with Gasteiger partial charge in [0, 0.05) is 37.9 Å². The summed E-state index contributed by atoms with van der Waals surface area (Å²) < 4.78 is 38.2. The number of aliphatic hydroxyl groups is 1. The van der Waals surface area contributed by atoms with Gasteiger partial charge in [-0.15, -0.1) is 0 Å². The second-order valence-electron chi connectivity index (χ2n) is 12.5. The molecule has 2 aromatic heterocycles. The van der Waals surface area contributed by atoms with Crippen molar-refractivity contribution in [1.82, 2.24) is 30.1 Å². The minimum absolute atomic E-state index is 0.0113. The molecule has 0 radical (unpaired) electrons. The summed E-state index contributed by atoms with van der Waals surface area (Å²) in [4.78, 5) is 30.0. The minimum Gasteiger partial charge on any atom is -0.461 e. The number of urea groups is 1. The lowest BCUT2D eigenvalue weighted by Crippen LogP contribution is -2.43. The number of amides is 2. The first-order valence-electron chi connectivity index (χ1n) is 16.3. The number of halogens is 2. The highest BCUT2D eigenvalue weighted by molar-refractivity contribution is 5.94. The molecule has 0 bridgehead atoms. The number of ether oxygens (including phenoxy) is 1. The third-order valence-electron chi connectivity index (χ3n) is 9.79. The Morgan fingerprint density at radius 3 is 2.76 bits per heavy atom. The van der Waals surface area contributed by atoms with Crippen LogP contribution in [-0.2, 0) is 6.42 Å². The summed E-state index contributed by atoms with van der Waals surface area (Å²) in [5, 5.41) is 16.9. The quantitative estimate of drug-likeness (QED) is 0.316. The van der Waals surface area contributed by atoms with Crippen LogP contribution >= 0.6 is 0 Å². The highest BCUT2D eigenvalue weighted by atomic mass is 19.1. The average Bonchev–Trinajstić information content (AvgIpc) is 3.76. The average molecular weight is 632 g/mol. The number of carbonyl (C=O) groups is 1. The van der Waals surface area contributed by atoms with Gasteiger partial charge in [0.1, 0.15) is 29.5 Å². The largest absolute Gasteiger partial charge is 0.461 e. The van der Waals surface area contributed by atoms with Crippen LogP contribution in [0.4, 0.5) is 19.4 Å². The first-order chi connectivity index (χ1) is 22.4. The number of hydrogen-bond donors (Lipinski definition) is 3. The Kier molecular flexibility index (Phi) is 8.33. The number of rotatable bonds is 9. The van der Waals surface area contributed by atoms with Crippen molar-refractivity contribution in [2.75, 3.05) is 51.2 Å². The zero-order valence-corrected chi connectivity index (χ0v) is 26.0. The van der Waals surface area contributed by atoms with Gasteiger partial charge in [0.25, 0.3) is 0 Å². The van der Waals surface area contributed by atoms with Crippen LogP contribution in [0.3, 0.4) is 0 Å². The molecule has 5 heterocycles. The third kappa shape index (κ3) is 5.57. The molecule has 3 saturated heterocycles. The molecular formula is C34H39F2N7O3. The fourth-order valence-corrected chi connectivity index (χ4v) is 7.41. The van der Waals surface area contributed by atoms with E-state index in [1.165, 1.54) is 12.3 Å². The van der Waals surface area contributed by atoms with E-state index in [9.17, 15) is 9.90 Å². The van der Waals surface area contributed by atoms with Gasteiger partial charge in [0.05, 0.1) is 17.0 Å². The smallest absolute Gasteiger partial charge is 0.319 e. The Bertz CT molecular complexity index is 1720. The standard InChI is InChI=1S/C34H39F2N7O3/c1-2-23-26(35)10-6-21-5-7-22(44)8-9-24(27(21)23)29-28(36)30-25(19-39-29)31(37-13-17-42-18-14-38-33(42)45)41-32(40-30)46-20-34-11-3-15-43(34)16-4-12-34/h5-7,9-10,19,22,44H,2-4,8,11-18,20H2,1H3,(H,38,45)(H,37,40,41)/b7-5-,24-9+. The molecule has 3 aromatic rings. The summed E-state index contributed by atoms with van der Waals surface area (Å²) in [5.74, 6) is -0.711. The molecule has 0 saturated carbocycles. The molecule has 7 rings (SSSR count). The van der Waals surface area contributed by atoms with Crippen molar-refractivity contribution in [2.24, 2.45) is 0 Å². The van der Waals surface area contributed by atoms with Crippen LogP contribution in [0, 0.1) is 11.6 Å². The molecule has 1 unspecified atom stereocenters. The number of aromatic nitrogens is 3. The first-order valence-corrected chi connectivity index (χ1v) is 16.3. The highest BCUT2D eigenvalue weighted by Gasteiger charge is 2.45. The lowest BCUT2D eigenvalue weighted by molar-refractivity contribution is 0.108. The van der Waals surface area contributed by atoms with Crippen LogP contribution in [0.1, 0.15) is 61.4 Å². The molecule has 0 spiro atoms. The fourth-order valence-electron chi connectivity index (χ4n) is 7.41. The van der Waals surface area contributed by atoms with E-state index in [0.29, 0.717) is 72.7 Å². The van der Waals surface area contributed by atoms with Gasteiger partial charge >= 0.3 is 12.0 Å². The second kappa shape index (κ2) is 12.6. The van der Waals surface area contributed by atoms with E-state index in [-0.39, 0.29) is 41.0 Å². The maximum Gasteiger partial charge on any atom is 0.319 e. The van der Waals surface area contributed by atoms with E-state index in [1.807, 2.05) is 6.92 Å². The van der Waals surface area contributed by atoms with Crippen molar-refractivity contribution in [2.45, 2.75) is 57.1 Å². The Labute approximate surface area is 266 Å². The van der Waals surface area contributed by atoms with Gasteiger partial charge in [-0.25, -0.2) is 13.6 Å². The number of anilines is 1. The Balaban J connectivity index is 1.29. The van der Waals surface area contributed by atoms with Gasteiger partial charge in [0.2, 0.25) is 0 Å². The summed E-state index contributed by atoms with van der Waals surface area (Å²) in [6, 6.07) is 2.97. The molecule has 3 fully saturated rings. The predicted octanol–water partition coefficient (Wildman–Crippen LogP) is 4.52. The lowest BCUT2D eigenvalue weighted by atomic mass is 9.87. The van der Waals surface area contributed by atoms with Gasteiger partial charge in [-0.2, -0.15) is 9.97 Å². The van der Waals surface area contributed by atoms with Crippen LogP contribution in [0.25, 0.3) is 22.6 Å². The molecule has 46 heavy (non-hydrogen) atoms. The van der Waals surface area contributed by atoms with Gasteiger partial charge < -0.3 is 25.4 Å². The van der Waals surface area contributed by atoms with Crippen LogP contribution in [0.5, 0.6) is 6.01 Å². The summed E-state index contributed by atoms with van der Waals surface area (Å²) in [5.41, 5.74) is 2.04. The molecule has 1 aliphatic carbocycles. The van der Waals surface area contributed by atoms with Crippen molar-refractivity contribution in [3.63, 3.8) is 0 Å². The van der Waals surface area contributed by atoms with E-state index >= 15 is 8.78 Å². The van der Waals surface area contributed by atoms with E-state index in [4.69, 9.17) is 4.74 Å². The number of benzene rings is 1. The first kappa shape index (κ1) is 30.5. The minimum atomic E-state index is -0.789. The highest BCUT2D eigenvalue weighted by Crippen LogP contribution is 2.40. The number of nitrogens with one attached hydrogen (secondary N) is 2. The normalized spacial score (nSPS) is 22.5. The Morgan fingerprint density at radius 2 is 2.00 bits per heavy atom. The summed E-state index contributed by atoms with van der Waals surface area (Å²) >= 11 is 0. The Morgan fingerprint density at radius 1 is 1.17 bits per heavy atom. The zero-order valence-electron chi connectivity index (χ0n) is 26.0. The predicted molar refractivity (Wildman–Crippen MR) is 172 cm³/mol. The maximum atomic E-state index is 16.8. The second-order valence-corrected chi connectivity index (χ2v) is 12.5. The topological polar surface area (TPSA) is 116 Å². The van der Waals surface area contributed by atoms with Crippen molar-refractivity contribution in [1.29, 1.82) is 0 Å². The monoisotopic (exact) mass is 631 g/mol. The fraction of sp³-hybridized carbons (Fsp3) is 0.471. The lowest BCUT2D eigenvalue weighted by Gasteiger charge is -2.31. The van der Waals surface area contributed by atoms with E-state index in [2.05, 4.69) is 30.5 Å². The molecule has 242 valence electrons. The molecule has 4 aliphatic rings. The molecule has 1 aromatic carbocycles. The van der Waals surface area contributed by atoms with Gasteiger partial charge in [0.15, 0.2) is 5.82 Å². The number of fused-ring (bicyclic) bond motifs is 3. The number of aliphatic hydroxyl groups excluding tert-OH is 1. The van der Waals surface area contributed by atoms with Crippen molar-refractivity contribution >= 4 is 34.4 Å². The third-order valence-corrected chi connectivity index (χ3v) is 9.79. The van der Waals surface area contributed by atoms with E-state index in [0.717, 1.165) is 38.8 Å². The molecule has 3 N–H and O–H groups in total. The zero-order chi connectivity index (χ0) is 31.8. The van der Waals surface area contributed by atoms with Gasteiger partial charge in [-0.05, 0) is 74.4 Å². The number of carbonyl (C=O) groups excluding carboxylic acids is 1. The molecular weight excluding hydrogens is 592 g/mol. The summed E-state index contributed by atoms with van der Waals surface area (Å²) in [6.07, 6.45) is 10.8. The van der Waals surface area contributed by atoms with Crippen molar-refractivity contribution in [3.8, 4) is 6.01 Å². The van der Waals surface area contributed by atoms with E-state index < -0.39 is 11.9 Å². The summed E-state index contributed by atoms with van der Waals surface area (Å²) in [7, 11) is 0. The van der Waals surface area contributed by atoms with Crippen LogP contribution in [0.15, 0.2) is 30.5 Å². The maximum absolute atomic E-state index is 16.8. The molecule has 3 aliphatic heterocycles. The van der Waals surface area contributed by atoms with Gasteiger partial charge in [-0.1, -0.05) is 31.2 Å². The molecule has 1 atom stereocenters. The SMILES string of the molecule is CCc1c(F)ccc2c1/C(c1ncc3c(NCCN4CCNC4=O)nc(OCC45CCCN4CCC5)nc3c1F)=C\CC(O)/C=C\2. The van der Waals surface area contributed by atoms with E-state index in [1.54, 1.807) is 29.2 Å². The Hall–Kier alpha value is -4.16. The summed E-state index contributed by atoms with van der Waals surface area (Å²) in [6.45, 7) is 6.37. The van der Waals surface area contributed by atoms with Crippen LogP contribution in [-0.4, -0.2) is 93.4 Å². The number of hydrogen-bond acceptors (Lipinski definition) is 8. The van der Waals surface area contributed by atoms with Gasteiger partial charge in [-0.3, -0.25) is 9.88 Å².